The Balaban J connectivity index is 2.05. The minimum absolute atomic E-state index is 0.329. The minimum Gasteiger partial charge on any atom is -0.338 e. The van der Waals surface area contributed by atoms with Crippen molar-refractivity contribution in [3.05, 3.63) is 71.8 Å². The Kier molecular flexibility index (Phi) is 6.06. The van der Waals surface area contributed by atoms with Gasteiger partial charge in [-0.15, -0.1) is 0 Å². The van der Waals surface area contributed by atoms with Crippen molar-refractivity contribution >= 4 is 18.1 Å². The fourth-order valence-corrected chi connectivity index (χ4v) is 2.16. The van der Waals surface area contributed by atoms with E-state index in [9.17, 15) is 9.59 Å². The molecule has 0 bridgehead atoms. The topological polar surface area (TPSA) is 67.8 Å². The molecule has 2 rings (SSSR count). The van der Waals surface area contributed by atoms with Crippen LogP contribution < -0.4 is 5.32 Å². The standard InChI is InChI=1S/C20H22N2O3/c1-20(2,3)17(22-18(23)16-12-8-5-9-13-16)19(24)25-21-14-15-10-6-4-7-11-15/h4-14,17H,1-3H3,(H,22,23)/b21-14+/t17-/m1/s1. The Morgan fingerprint density at radius 1 is 1.00 bits per heavy atom. The molecule has 0 heterocycles. The molecule has 2 aromatic rings. The Bertz CT molecular complexity index is 735. The number of amides is 1. The van der Waals surface area contributed by atoms with E-state index in [2.05, 4.69) is 10.5 Å². The first-order chi connectivity index (χ1) is 11.9. The SMILES string of the molecule is CC(C)(C)[C@H](NC(=O)c1ccccc1)C(=O)O/N=C/c1ccccc1. The largest absolute Gasteiger partial charge is 0.357 e. The zero-order chi connectivity index (χ0) is 18.3. The molecule has 0 spiro atoms. The number of rotatable bonds is 5. The maximum atomic E-state index is 12.4. The molecule has 0 aromatic heterocycles. The summed E-state index contributed by atoms with van der Waals surface area (Å²) in [5, 5.41) is 6.46. The molecule has 0 aliphatic carbocycles. The van der Waals surface area contributed by atoms with Crippen LogP contribution >= 0.6 is 0 Å². The third-order valence-electron chi connectivity index (χ3n) is 3.56. The molecule has 0 saturated carbocycles. The zero-order valence-corrected chi connectivity index (χ0v) is 14.6. The molecule has 0 radical (unpaired) electrons. The summed E-state index contributed by atoms with van der Waals surface area (Å²) in [6.07, 6.45) is 1.45. The first-order valence-electron chi connectivity index (χ1n) is 8.03. The Labute approximate surface area is 147 Å². The highest BCUT2D eigenvalue weighted by atomic mass is 16.7. The molecule has 0 saturated heterocycles. The van der Waals surface area contributed by atoms with Crippen LogP contribution in [0.15, 0.2) is 65.8 Å². The van der Waals surface area contributed by atoms with Crippen LogP contribution in [0.5, 0.6) is 0 Å². The number of carbonyl (C=O) groups is 2. The molecule has 1 N–H and O–H groups in total. The second-order valence-corrected chi connectivity index (χ2v) is 6.69. The van der Waals surface area contributed by atoms with Gasteiger partial charge < -0.3 is 10.2 Å². The second kappa shape index (κ2) is 8.24. The number of nitrogens with zero attached hydrogens (tertiary/aromatic N) is 1. The van der Waals surface area contributed by atoms with Gasteiger partial charge in [0, 0.05) is 5.56 Å². The number of hydrogen-bond donors (Lipinski definition) is 1. The quantitative estimate of drug-likeness (QED) is 0.516. The van der Waals surface area contributed by atoms with Crippen molar-refractivity contribution in [2.24, 2.45) is 10.6 Å². The summed E-state index contributed by atoms with van der Waals surface area (Å²) in [5.74, 6) is -0.937. The molecule has 5 nitrogen and oxygen atoms in total. The summed E-state index contributed by atoms with van der Waals surface area (Å²) in [6, 6.07) is 17.2. The van der Waals surface area contributed by atoms with E-state index in [1.807, 2.05) is 57.2 Å². The second-order valence-electron chi connectivity index (χ2n) is 6.69. The van der Waals surface area contributed by atoms with Crippen molar-refractivity contribution < 1.29 is 14.4 Å². The fourth-order valence-electron chi connectivity index (χ4n) is 2.16. The first-order valence-corrected chi connectivity index (χ1v) is 8.03. The van der Waals surface area contributed by atoms with Crippen molar-refractivity contribution in [2.45, 2.75) is 26.8 Å². The molecule has 0 unspecified atom stereocenters. The average Bonchev–Trinajstić information content (AvgIpc) is 2.60. The number of oxime groups is 1. The van der Waals surface area contributed by atoms with Gasteiger partial charge in [0.25, 0.3) is 5.91 Å². The number of hydrogen-bond acceptors (Lipinski definition) is 4. The van der Waals surface area contributed by atoms with Gasteiger partial charge in [0.05, 0.1) is 6.21 Å². The lowest BCUT2D eigenvalue weighted by molar-refractivity contribution is -0.148. The zero-order valence-electron chi connectivity index (χ0n) is 14.6. The highest BCUT2D eigenvalue weighted by Gasteiger charge is 2.34. The minimum atomic E-state index is -0.826. The lowest BCUT2D eigenvalue weighted by Crippen LogP contribution is -2.49. The average molecular weight is 338 g/mol. The molecule has 0 fully saturated rings. The molecule has 1 amide bonds. The highest BCUT2D eigenvalue weighted by molar-refractivity contribution is 5.97. The molecular formula is C20H22N2O3. The molecule has 130 valence electrons. The van der Waals surface area contributed by atoms with Crippen molar-refractivity contribution in [3.63, 3.8) is 0 Å². The van der Waals surface area contributed by atoms with Gasteiger partial charge in [0.2, 0.25) is 0 Å². The van der Waals surface area contributed by atoms with Gasteiger partial charge in [0.15, 0.2) is 0 Å². The predicted molar refractivity (Wildman–Crippen MR) is 97.3 cm³/mol. The van der Waals surface area contributed by atoms with E-state index in [1.54, 1.807) is 24.3 Å². The number of carbonyl (C=O) groups excluding carboxylic acids is 2. The lowest BCUT2D eigenvalue weighted by Gasteiger charge is -2.28. The van der Waals surface area contributed by atoms with Crippen LogP contribution in [-0.2, 0) is 9.63 Å². The van der Waals surface area contributed by atoms with E-state index in [1.165, 1.54) is 6.21 Å². The maximum absolute atomic E-state index is 12.4. The maximum Gasteiger partial charge on any atom is 0.357 e. The Morgan fingerprint density at radius 3 is 2.12 bits per heavy atom. The molecule has 1 atom stereocenters. The van der Waals surface area contributed by atoms with Crippen molar-refractivity contribution in [3.8, 4) is 0 Å². The van der Waals surface area contributed by atoms with E-state index in [-0.39, 0.29) is 5.91 Å². The third-order valence-corrected chi connectivity index (χ3v) is 3.56. The summed E-state index contributed by atoms with van der Waals surface area (Å²) in [7, 11) is 0. The van der Waals surface area contributed by atoms with Gasteiger partial charge in [-0.05, 0) is 23.1 Å². The van der Waals surface area contributed by atoms with E-state index in [0.29, 0.717) is 5.56 Å². The van der Waals surface area contributed by atoms with E-state index < -0.39 is 17.4 Å². The van der Waals surface area contributed by atoms with Gasteiger partial charge in [-0.25, -0.2) is 4.79 Å². The summed E-state index contributed by atoms with van der Waals surface area (Å²) in [6.45, 7) is 5.56. The first kappa shape index (κ1) is 18.4. The predicted octanol–water partition coefficient (Wildman–Crippen LogP) is 3.41. The molecular weight excluding hydrogens is 316 g/mol. The summed E-state index contributed by atoms with van der Waals surface area (Å²) >= 11 is 0. The Hall–Kier alpha value is -2.95. The number of benzene rings is 2. The van der Waals surface area contributed by atoms with Crippen molar-refractivity contribution in [2.75, 3.05) is 0 Å². The van der Waals surface area contributed by atoms with E-state index in [4.69, 9.17) is 4.84 Å². The van der Waals surface area contributed by atoms with E-state index in [0.717, 1.165) is 5.56 Å². The molecule has 0 aliphatic rings. The Morgan fingerprint density at radius 2 is 1.56 bits per heavy atom. The normalized spacial score (nSPS) is 12.6. The van der Waals surface area contributed by atoms with Crippen LogP contribution in [0.25, 0.3) is 0 Å². The van der Waals surface area contributed by atoms with Gasteiger partial charge in [0.1, 0.15) is 6.04 Å². The van der Waals surface area contributed by atoms with Crippen LogP contribution in [0.4, 0.5) is 0 Å². The summed E-state index contributed by atoms with van der Waals surface area (Å²) < 4.78 is 0. The van der Waals surface area contributed by atoms with Gasteiger partial charge in [-0.1, -0.05) is 74.5 Å². The lowest BCUT2D eigenvalue weighted by atomic mass is 9.86. The van der Waals surface area contributed by atoms with Crippen LogP contribution in [0, 0.1) is 5.41 Å². The summed E-state index contributed by atoms with van der Waals surface area (Å²) in [5.41, 5.74) is 0.775. The van der Waals surface area contributed by atoms with Crippen molar-refractivity contribution in [1.82, 2.24) is 5.32 Å². The number of nitrogens with one attached hydrogen (secondary N) is 1. The summed E-state index contributed by atoms with van der Waals surface area (Å²) in [4.78, 5) is 29.7. The molecule has 5 heteroatoms. The molecule has 2 aromatic carbocycles. The van der Waals surface area contributed by atoms with Gasteiger partial charge in [-0.2, -0.15) is 0 Å². The van der Waals surface area contributed by atoms with Crippen molar-refractivity contribution in [1.29, 1.82) is 0 Å². The smallest absolute Gasteiger partial charge is 0.338 e. The van der Waals surface area contributed by atoms with Gasteiger partial charge >= 0.3 is 5.97 Å². The van der Waals surface area contributed by atoms with Crippen LogP contribution in [-0.4, -0.2) is 24.1 Å². The monoisotopic (exact) mass is 338 g/mol. The third kappa shape index (κ3) is 5.57. The highest BCUT2D eigenvalue weighted by Crippen LogP contribution is 2.21. The van der Waals surface area contributed by atoms with E-state index >= 15 is 0 Å². The molecule has 25 heavy (non-hydrogen) atoms. The van der Waals surface area contributed by atoms with Crippen LogP contribution in [0.2, 0.25) is 0 Å². The molecule has 0 aliphatic heterocycles. The van der Waals surface area contributed by atoms with Crippen LogP contribution in [0.3, 0.4) is 0 Å². The van der Waals surface area contributed by atoms with Crippen LogP contribution in [0.1, 0.15) is 36.7 Å². The fraction of sp³-hybridized carbons (Fsp3) is 0.250. The van der Waals surface area contributed by atoms with Gasteiger partial charge in [-0.3, -0.25) is 4.79 Å².